The second-order valence-electron chi connectivity index (χ2n) is 2.25. The highest BCUT2D eigenvalue weighted by atomic mass is 16.3. The van der Waals surface area contributed by atoms with E-state index >= 15 is 0 Å². The van der Waals surface area contributed by atoms with Crippen LogP contribution in [0.4, 0.5) is 0 Å². The molecule has 1 atom stereocenters. The standard InChI is InChI=1S/C7H13NO/c1-4-5-8(3)6-7(2)9/h1,7,9H,5-6H2,2-3H3/t7-/m1/s1. The Bertz CT molecular complexity index is 104. The first kappa shape index (κ1) is 8.48. The molecule has 0 aromatic carbocycles. The Morgan fingerprint density at radius 1 is 1.78 bits per heavy atom. The summed E-state index contributed by atoms with van der Waals surface area (Å²) < 4.78 is 0. The molecule has 0 fully saturated rings. The maximum Gasteiger partial charge on any atom is 0.0639 e. The van der Waals surface area contributed by atoms with Crippen molar-refractivity contribution in [1.82, 2.24) is 4.90 Å². The highest BCUT2D eigenvalue weighted by Crippen LogP contribution is 1.84. The molecule has 0 saturated carbocycles. The van der Waals surface area contributed by atoms with Crippen LogP contribution in [0.5, 0.6) is 0 Å². The topological polar surface area (TPSA) is 23.5 Å². The van der Waals surface area contributed by atoms with Gasteiger partial charge in [-0.1, -0.05) is 5.92 Å². The van der Waals surface area contributed by atoms with E-state index in [9.17, 15) is 0 Å². The molecule has 0 saturated heterocycles. The first-order chi connectivity index (χ1) is 4.16. The van der Waals surface area contributed by atoms with Crippen molar-refractivity contribution in [1.29, 1.82) is 0 Å². The summed E-state index contributed by atoms with van der Waals surface area (Å²) in [7, 11) is 1.88. The van der Waals surface area contributed by atoms with Gasteiger partial charge in [-0.3, -0.25) is 4.90 Å². The minimum Gasteiger partial charge on any atom is -0.392 e. The Morgan fingerprint density at radius 2 is 2.33 bits per heavy atom. The molecular weight excluding hydrogens is 114 g/mol. The number of nitrogens with zero attached hydrogens (tertiary/aromatic N) is 1. The third-order valence-corrected chi connectivity index (χ3v) is 0.937. The van der Waals surface area contributed by atoms with E-state index in [-0.39, 0.29) is 6.10 Å². The zero-order valence-electron chi connectivity index (χ0n) is 5.96. The first-order valence-electron chi connectivity index (χ1n) is 2.97. The Labute approximate surface area is 56.5 Å². The molecule has 2 heteroatoms. The predicted molar refractivity (Wildman–Crippen MR) is 38.0 cm³/mol. The summed E-state index contributed by atoms with van der Waals surface area (Å²) in [6.07, 6.45) is 4.74. The summed E-state index contributed by atoms with van der Waals surface area (Å²) in [5, 5.41) is 8.84. The van der Waals surface area contributed by atoms with Gasteiger partial charge in [0.25, 0.3) is 0 Å². The summed E-state index contributed by atoms with van der Waals surface area (Å²) >= 11 is 0. The first-order valence-corrected chi connectivity index (χ1v) is 2.97. The van der Waals surface area contributed by atoms with Crippen molar-refractivity contribution < 1.29 is 5.11 Å². The lowest BCUT2D eigenvalue weighted by Gasteiger charge is -2.14. The molecule has 0 aromatic heterocycles. The molecule has 0 aliphatic rings. The average molecular weight is 127 g/mol. The predicted octanol–water partition coefficient (Wildman–Crippen LogP) is -0.0678. The molecule has 2 nitrogen and oxygen atoms in total. The van der Waals surface area contributed by atoms with Crippen molar-refractivity contribution in [2.75, 3.05) is 20.1 Å². The number of aliphatic hydroxyl groups is 1. The van der Waals surface area contributed by atoms with Gasteiger partial charge in [-0.25, -0.2) is 0 Å². The molecule has 0 spiro atoms. The van der Waals surface area contributed by atoms with Crippen molar-refractivity contribution in [3.8, 4) is 12.3 Å². The molecule has 1 N–H and O–H groups in total. The molecule has 0 rings (SSSR count). The van der Waals surface area contributed by atoms with Gasteiger partial charge < -0.3 is 5.11 Å². The van der Waals surface area contributed by atoms with Crippen LogP contribution < -0.4 is 0 Å². The Balaban J connectivity index is 3.29. The van der Waals surface area contributed by atoms with Crippen LogP contribution in [0.25, 0.3) is 0 Å². The fourth-order valence-corrected chi connectivity index (χ4v) is 0.671. The van der Waals surface area contributed by atoms with E-state index in [1.807, 2.05) is 11.9 Å². The zero-order chi connectivity index (χ0) is 7.28. The molecule has 0 unspecified atom stereocenters. The molecule has 0 bridgehead atoms. The Hall–Kier alpha value is -0.520. The maximum absolute atomic E-state index is 8.84. The maximum atomic E-state index is 8.84. The molecule has 52 valence electrons. The molecule has 0 aliphatic heterocycles. The van der Waals surface area contributed by atoms with E-state index in [2.05, 4.69) is 5.92 Å². The third kappa shape index (κ3) is 5.35. The van der Waals surface area contributed by atoms with Crippen LogP contribution in [-0.2, 0) is 0 Å². The number of terminal acetylenes is 1. The van der Waals surface area contributed by atoms with Gasteiger partial charge in [0, 0.05) is 6.54 Å². The van der Waals surface area contributed by atoms with Crippen LogP contribution in [-0.4, -0.2) is 36.2 Å². The third-order valence-electron chi connectivity index (χ3n) is 0.937. The monoisotopic (exact) mass is 127 g/mol. The van der Waals surface area contributed by atoms with Crippen molar-refractivity contribution in [2.24, 2.45) is 0 Å². The molecular formula is C7H13NO. The summed E-state index contributed by atoms with van der Waals surface area (Å²) in [5.74, 6) is 2.49. The van der Waals surface area contributed by atoms with E-state index in [1.54, 1.807) is 6.92 Å². The van der Waals surface area contributed by atoms with Crippen molar-refractivity contribution in [3.63, 3.8) is 0 Å². The fraction of sp³-hybridized carbons (Fsp3) is 0.714. The smallest absolute Gasteiger partial charge is 0.0639 e. The summed E-state index contributed by atoms with van der Waals surface area (Å²) in [6.45, 7) is 2.99. The molecule has 0 aliphatic carbocycles. The normalized spacial score (nSPS) is 13.2. The van der Waals surface area contributed by atoms with Gasteiger partial charge in [-0.15, -0.1) is 6.42 Å². The van der Waals surface area contributed by atoms with Gasteiger partial charge in [0.15, 0.2) is 0 Å². The molecule has 0 aromatic rings. The minimum absolute atomic E-state index is 0.289. The van der Waals surface area contributed by atoms with Crippen molar-refractivity contribution >= 4 is 0 Å². The lowest BCUT2D eigenvalue weighted by molar-refractivity contribution is 0.148. The fourth-order valence-electron chi connectivity index (χ4n) is 0.671. The SMILES string of the molecule is C#CCN(C)C[C@@H](C)O. The number of aliphatic hydroxyl groups excluding tert-OH is 1. The largest absolute Gasteiger partial charge is 0.392 e. The van der Waals surface area contributed by atoms with Crippen LogP contribution >= 0.6 is 0 Å². The van der Waals surface area contributed by atoms with Gasteiger partial charge in [-0.05, 0) is 14.0 Å². The number of hydrogen-bond acceptors (Lipinski definition) is 2. The van der Waals surface area contributed by atoms with E-state index in [1.165, 1.54) is 0 Å². The van der Waals surface area contributed by atoms with Gasteiger partial charge in [0.2, 0.25) is 0 Å². The van der Waals surface area contributed by atoms with E-state index < -0.39 is 0 Å². The minimum atomic E-state index is -0.289. The lowest BCUT2D eigenvalue weighted by Crippen LogP contribution is -2.27. The lowest BCUT2D eigenvalue weighted by atomic mass is 10.4. The van der Waals surface area contributed by atoms with Crippen LogP contribution in [0.1, 0.15) is 6.92 Å². The van der Waals surface area contributed by atoms with Crippen LogP contribution in [0.2, 0.25) is 0 Å². The summed E-state index contributed by atoms with van der Waals surface area (Å²) in [4.78, 5) is 1.89. The number of likely N-dealkylation sites (N-methyl/N-ethyl adjacent to an activating group) is 1. The Kier molecular flexibility index (Phi) is 4.12. The highest BCUT2D eigenvalue weighted by Gasteiger charge is 1.98. The second kappa shape index (κ2) is 4.37. The summed E-state index contributed by atoms with van der Waals surface area (Å²) in [5.41, 5.74) is 0. The second-order valence-corrected chi connectivity index (χ2v) is 2.25. The molecule has 9 heavy (non-hydrogen) atoms. The molecule has 0 amide bonds. The number of rotatable bonds is 3. The van der Waals surface area contributed by atoms with Gasteiger partial charge >= 0.3 is 0 Å². The van der Waals surface area contributed by atoms with Crippen LogP contribution in [0.15, 0.2) is 0 Å². The quantitative estimate of drug-likeness (QED) is 0.536. The summed E-state index contributed by atoms with van der Waals surface area (Å²) in [6, 6.07) is 0. The zero-order valence-corrected chi connectivity index (χ0v) is 5.96. The molecule has 0 heterocycles. The van der Waals surface area contributed by atoms with Gasteiger partial charge in [0.1, 0.15) is 0 Å². The van der Waals surface area contributed by atoms with Crippen LogP contribution in [0, 0.1) is 12.3 Å². The van der Waals surface area contributed by atoms with Crippen LogP contribution in [0.3, 0.4) is 0 Å². The van der Waals surface area contributed by atoms with Crippen molar-refractivity contribution in [2.45, 2.75) is 13.0 Å². The van der Waals surface area contributed by atoms with E-state index in [0.717, 1.165) is 0 Å². The molecule has 0 radical (unpaired) electrons. The average Bonchev–Trinajstić information content (AvgIpc) is 1.63. The van der Waals surface area contributed by atoms with Gasteiger partial charge in [0.05, 0.1) is 12.6 Å². The van der Waals surface area contributed by atoms with E-state index in [0.29, 0.717) is 13.1 Å². The van der Waals surface area contributed by atoms with E-state index in [4.69, 9.17) is 11.5 Å². The number of hydrogen-bond donors (Lipinski definition) is 1. The van der Waals surface area contributed by atoms with Gasteiger partial charge in [-0.2, -0.15) is 0 Å². The van der Waals surface area contributed by atoms with Crippen molar-refractivity contribution in [3.05, 3.63) is 0 Å². The highest BCUT2D eigenvalue weighted by molar-refractivity contribution is 4.87. The Morgan fingerprint density at radius 3 is 2.67 bits per heavy atom.